The third-order valence-corrected chi connectivity index (χ3v) is 2.11. The Morgan fingerprint density at radius 1 is 1.56 bits per heavy atom. The lowest BCUT2D eigenvalue weighted by atomic mass is 10.4. The number of furan rings is 1. The van der Waals surface area contributed by atoms with Gasteiger partial charge >= 0.3 is 0 Å². The van der Waals surface area contributed by atoms with Crippen molar-refractivity contribution in [1.82, 2.24) is 9.97 Å². The highest BCUT2D eigenvalue weighted by Crippen LogP contribution is 2.22. The lowest BCUT2D eigenvalue weighted by molar-refractivity contribution is -0.117. The Hall–Kier alpha value is -1.82. The molecule has 3 N–H and O–H groups in total. The van der Waals surface area contributed by atoms with Crippen LogP contribution in [0.4, 0.5) is 5.82 Å². The van der Waals surface area contributed by atoms with Crippen LogP contribution >= 0.6 is 11.6 Å². The molecule has 2 heterocycles. The van der Waals surface area contributed by atoms with Crippen molar-refractivity contribution < 1.29 is 9.21 Å². The largest absolute Gasteiger partial charge is 0.459 e. The SMILES string of the molecule is NC(=O)CCNc1nc(Cl)nc2ccoc12. The van der Waals surface area contributed by atoms with Gasteiger partial charge in [0.05, 0.1) is 6.26 Å². The summed E-state index contributed by atoms with van der Waals surface area (Å²) in [7, 11) is 0. The van der Waals surface area contributed by atoms with Gasteiger partial charge in [-0.1, -0.05) is 0 Å². The van der Waals surface area contributed by atoms with E-state index in [-0.39, 0.29) is 17.6 Å². The number of aromatic nitrogens is 2. The van der Waals surface area contributed by atoms with Gasteiger partial charge in [0.15, 0.2) is 11.4 Å². The number of primary amides is 1. The average molecular weight is 241 g/mol. The number of carbonyl (C=O) groups is 1. The summed E-state index contributed by atoms with van der Waals surface area (Å²) >= 11 is 5.73. The zero-order valence-corrected chi connectivity index (χ0v) is 8.99. The molecule has 0 atom stereocenters. The van der Waals surface area contributed by atoms with Crippen LogP contribution in [0.15, 0.2) is 16.7 Å². The van der Waals surface area contributed by atoms with Crippen molar-refractivity contribution in [3.63, 3.8) is 0 Å². The highest BCUT2D eigenvalue weighted by Gasteiger charge is 2.09. The molecule has 16 heavy (non-hydrogen) atoms. The summed E-state index contributed by atoms with van der Waals surface area (Å²) < 4.78 is 5.20. The normalized spacial score (nSPS) is 10.6. The van der Waals surface area contributed by atoms with Crippen LogP contribution in [-0.4, -0.2) is 22.4 Å². The number of nitrogens with two attached hydrogens (primary N) is 1. The van der Waals surface area contributed by atoms with Crippen molar-refractivity contribution in [3.05, 3.63) is 17.6 Å². The molecule has 0 bridgehead atoms. The number of nitrogens with one attached hydrogen (secondary N) is 1. The van der Waals surface area contributed by atoms with Gasteiger partial charge in [-0.15, -0.1) is 0 Å². The Morgan fingerprint density at radius 2 is 2.38 bits per heavy atom. The summed E-state index contributed by atoms with van der Waals surface area (Å²) in [5, 5.41) is 3.04. The van der Waals surface area contributed by atoms with E-state index in [0.29, 0.717) is 23.5 Å². The third kappa shape index (κ3) is 2.22. The van der Waals surface area contributed by atoms with Crippen LogP contribution in [0.2, 0.25) is 5.28 Å². The first-order valence-electron chi connectivity index (χ1n) is 4.60. The molecule has 6 nitrogen and oxygen atoms in total. The van der Waals surface area contributed by atoms with Crippen molar-refractivity contribution in [2.24, 2.45) is 5.73 Å². The molecule has 1 amide bonds. The predicted octanol–water partition coefficient (Wildman–Crippen LogP) is 1.16. The molecule has 0 aromatic carbocycles. The molecule has 2 aromatic heterocycles. The van der Waals surface area contributed by atoms with Crippen LogP contribution in [0.5, 0.6) is 0 Å². The molecule has 84 valence electrons. The summed E-state index contributed by atoms with van der Waals surface area (Å²) in [6.07, 6.45) is 1.71. The van der Waals surface area contributed by atoms with E-state index in [0.717, 1.165) is 0 Å². The van der Waals surface area contributed by atoms with Gasteiger partial charge in [0, 0.05) is 19.0 Å². The molecule has 2 rings (SSSR count). The lowest BCUT2D eigenvalue weighted by Crippen LogP contribution is -2.16. The van der Waals surface area contributed by atoms with Crippen molar-refractivity contribution in [3.8, 4) is 0 Å². The molecule has 0 aliphatic carbocycles. The monoisotopic (exact) mass is 240 g/mol. The fourth-order valence-electron chi connectivity index (χ4n) is 1.26. The molecular weight excluding hydrogens is 232 g/mol. The van der Waals surface area contributed by atoms with E-state index < -0.39 is 0 Å². The minimum absolute atomic E-state index is 0.121. The lowest BCUT2D eigenvalue weighted by Gasteiger charge is -2.04. The zero-order chi connectivity index (χ0) is 11.5. The van der Waals surface area contributed by atoms with Gasteiger partial charge in [-0.25, -0.2) is 4.98 Å². The maximum atomic E-state index is 10.6. The Kier molecular flexibility index (Phi) is 2.91. The quantitative estimate of drug-likeness (QED) is 0.782. The van der Waals surface area contributed by atoms with Gasteiger partial charge < -0.3 is 15.5 Å². The number of hydrogen-bond acceptors (Lipinski definition) is 5. The Labute approximate surface area is 95.8 Å². The van der Waals surface area contributed by atoms with Crippen molar-refractivity contribution in [1.29, 1.82) is 0 Å². The first-order valence-corrected chi connectivity index (χ1v) is 4.97. The van der Waals surface area contributed by atoms with Gasteiger partial charge in [-0.3, -0.25) is 4.79 Å². The molecule has 0 fully saturated rings. The molecule has 2 aromatic rings. The summed E-state index contributed by atoms with van der Waals surface area (Å²) in [6.45, 7) is 0.373. The van der Waals surface area contributed by atoms with Crippen LogP contribution in [0.25, 0.3) is 11.1 Å². The Morgan fingerprint density at radius 3 is 3.12 bits per heavy atom. The molecule has 0 aliphatic heterocycles. The van der Waals surface area contributed by atoms with E-state index in [4.69, 9.17) is 21.8 Å². The molecule has 0 saturated heterocycles. The number of carbonyl (C=O) groups excluding carboxylic acids is 1. The van der Waals surface area contributed by atoms with Crippen molar-refractivity contribution >= 4 is 34.4 Å². The first-order chi connectivity index (χ1) is 7.66. The standard InChI is InChI=1S/C9H9ClN4O2/c10-9-13-5-2-4-16-7(5)8(14-9)12-3-1-6(11)15/h2,4H,1,3H2,(H2,11,15)(H,12,13,14). The molecule has 0 unspecified atom stereocenters. The molecule has 0 aliphatic rings. The number of amides is 1. The fourth-order valence-corrected chi connectivity index (χ4v) is 1.43. The summed E-state index contributed by atoms with van der Waals surface area (Å²) in [5.74, 6) is 0.0737. The number of hydrogen-bond donors (Lipinski definition) is 2. The summed E-state index contributed by atoms with van der Waals surface area (Å²) in [4.78, 5) is 18.5. The molecule has 7 heteroatoms. The van der Waals surface area contributed by atoms with Gasteiger partial charge in [0.1, 0.15) is 5.52 Å². The minimum Gasteiger partial charge on any atom is -0.459 e. The van der Waals surface area contributed by atoms with Crippen LogP contribution in [0.3, 0.4) is 0 Å². The molecular formula is C9H9ClN4O2. The molecule has 0 spiro atoms. The van der Waals surface area contributed by atoms with E-state index in [2.05, 4.69) is 15.3 Å². The Balaban J connectivity index is 2.22. The van der Waals surface area contributed by atoms with E-state index in [9.17, 15) is 4.79 Å². The van der Waals surface area contributed by atoms with Crippen LogP contribution in [0, 0.1) is 0 Å². The van der Waals surface area contributed by atoms with Crippen molar-refractivity contribution in [2.45, 2.75) is 6.42 Å². The number of rotatable bonds is 4. The average Bonchev–Trinajstić information content (AvgIpc) is 2.64. The highest BCUT2D eigenvalue weighted by molar-refractivity contribution is 6.28. The fraction of sp³-hybridized carbons (Fsp3) is 0.222. The number of halogens is 1. The van der Waals surface area contributed by atoms with E-state index >= 15 is 0 Å². The summed E-state index contributed by atoms with van der Waals surface area (Å²) in [5.41, 5.74) is 6.14. The smallest absolute Gasteiger partial charge is 0.225 e. The van der Waals surface area contributed by atoms with Crippen LogP contribution < -0.4 is 11.1 Å². The van der Waals surface area contributed by atoms with Gasteiger partial charge in [-0.2, -0.15) is 4.98 Å². The maximum absolute atomic E-state index is 10.6. The number of fused-ring (bicyclic) bond motifs is 1. The molecule has 0 saturated carbocycles. The number of anilines is 1. The molecule has 0 radical (unpaired) electrons. The predicted molar refractivity (Wildman–Crippen MR) is 59.1 cm³/mol. The first kappa shape index (κ1) is 10.7. The Bertz CT molecular complexity index is 525. The minimum atomic E-state index is -0.386. The summed E-state index contributed by atoms with van der Waals surface area (Å²) in [6, 6.07) is 1.68. The second-order valence-electron chi connectivity index (χ2n) is 3.12. The van der Waals surface area contributed by atoms with Crippen molar-refractivity contribution in [2.75, 3.05) is 11.9 Å². The topological polar surface area (TPSA) is 94.0 Å². The van der Waals surface area contributed by atoms with E-state index in [1.807, 2.05) is 0 Å². The highest BCUT2D eigenvalue weighted by atomic mass is 35.5. The van der Waals surface area contributed by atoms with Gasteiger partial charge in [0.25, 0.3) is 0 Å². The third-order valence-electron chi connectivity index (χ3n) is 1.94. The van der Waals surface area contributed by atoms with E-state index in [1.54, 1.807) is 6.07 Å². The second-order valence-corrected chi connectivity index (χ2v) is 3.46. The number of nitrogens with zero attached hydrogens (tertiary/aromatic N) is 2. The van der Waals surface area contributed by atoms with Gasteiger partial charge in [-0.05, 0) is 11.6 Å². The van der Waals surface area contributed by atoms with Gasteiger partial charge in [0.2, 0.25) is 11.2 Å². The van der Waals surface area contributed by atoms with Crippen LogP contribution in [0.1, 0.15) is 6.42 Å². The second kappa shape index (κ2) is 4.36. The van der Waals surface area contributed by atoms with E-state index in [1.165, 1.54) is 6.26 Å². The van der Waals surface area contributed by atoms with Crippen LogP contribution in [-0.2, 0) is 4.79 Å². The maximum Gasteiger partial charge on any atom is 0.225 e. The zero-order valence-electron chi connectivity index (χ0n) is 8.24.